The Morgan fingerprint density at radius 2 is 2.33 bits per heavy atom. The van der Waals surface area contributed by atoms with E-state index in [2.05, 4.69) is 32.8 Å². The maximum Gasteiger partial charge on any atom is 0.0951 e. The van der Waals surface area contributed by atoms with Gasteiger partial charge in [-0.2, -0.15) is 0 Å². The number of thiophene rings is 1. The van der Waals surface area contributed by atoms with Crippen LogP contribution in [0.15, 0.2) is 24.0 Å². The first-order valence-corrected chi connectivity index (χ1v) is 8.71. The highest BCUT2D eigenvalue weighted by molar-refractivity contribution is 7.10. The number of hydrogen-bond donors (Lipinski definition) is 1. The normalized spacial score (nSPS) is 24.0. The van der Waals surface area contributed by atoms with Gasteiger partial charge in [0.25, 0.3) is 0 Å². The molecule has 0 amide bonds. The third-order valence-corrected chi connectivity index (χ3v) is 5.92. The molecule has 2 aromatic rings. The molecule has 1 aliphatic carbocycles. The van der Waals surface area contributed by atoms with Gasteiger partial charge < -0.3 is 10.3 Å². The van der Waals surface area contributed by atoms with Crippen LogP contribution in [-0.2, 0) is 6.42 Å². The maximum atomic E-state index is 6.16. The lowest BCUT2D eigenvalue weighted by Gasteiger charge is -2.39. The largest absolute Gasteiger partial charge is 0.330 e. The van der Waals surface area contributed by atoms with Crippen molar-refractivity contribution in [3.05, 3.63) is 40.1 Å². The molecule has 2 N–H and O–H groups in total. The molecule has 2 unspecified atom stereocenters. The number of nitrogens with zero attached hydrogens (tertiary/aromatic N) is 3. The average Bonchev–Trinajstić information content (AvgIpc) is 3.02. The number of fused-ring (bicyclic) bond motifs is 1. The summed E-state index contributed by atoms with van der Waals surface area (Å²) in [5, 5.41) is 2.22. The monoisotopic (exact) mass is 302 g/mol. The zero-order chi connectivity index (χ0) is 14.4. The number of aromatic nitrogens is 2. The minimum atomic E-state index is 0.274. The molecule has 3 heterocycles. The van der Waals surface area contributed by atoms with E-state index in [0.29, 0.717) is 18.6 Å². The fourth-order valence-corrected chi connectivity index (χ4v) is 4.57. The number of nitrogens with two attached hydrogens (primary N) is 1. The van der Waals surface area contributed by atoms with Crippen molar-refractivity contribution in [3.63, 3.8) is 0 Å². The summed E-state index contributed by atoms with van der Waals surface area (Å²) in [5.74, 6) is 0. The summed E-state index contributed by atoms with van der Waals surface area (Å²) in [6.07, 6.45) is 7.72. The van der Waals surface area contributed by atoms with Crippen molar-refractivity contribution in [2.45, 2.75) is 44.3 Å². The predicted molar refractivity (Wildman–Crippen MR) is 85.4 cm³/mol. The van der Waals surface area contributed by atoms with Crippen LogP contribution in [0.3, 0.4) is 0 Å². The molecule has 1 fully saturated rings. The van der Waals surface area contributed by atoms with Crippen LogP contribution in [0.4, 0.5) is 0 Å². The van der Waals surface area contributed by atoms with E-state index in [1.165, 1.54) is 24.1 Å². The Morgan fingerprint density at radius 1 is 1.48 bits per heavy atom. The topological polar surface area (TPSA) is 47.1 Å². The van der Waals surface area contributed by atoms with Gasteiger partial charge in [0.2, 0.25) is 0 Å². The SMILES string of the molecule is CC1c2ccsc2CCN1C(CN)c1cncn1C1CC1. The van der Waals surface area contributed by atoms with Crippen molar-refractivity contribution >= 4 is 11.3 Å². The van der Waals surface area contributed by atoms with Gasteiger partial charge in [0.1, 0.15) is 0 Å². The van der Waals surface area contributed by atoms with Gasteiger partial charge in [-0.25, -0.2) is 4.98 Å². The first-order valence-electron chi connectivity index (χ1n) is 7.83. The molecule has 0 saturated heterocycles. The Balaban J connectivity index is 1.66. The van der Waals surface area contributed by atoms with Crippen LogP contribution in [0, 0.1) is 0 Å². The fourth-order valence-electron chi connectivity index (χ4n) is 3.61. The number of imidazole rings is 1. The molecule has 0 spiro atoms. The zero-order valence-corrected chi connectivity index (χ0v) is 13.2. The summed E-state index contributed by atoms with van der Waals surface area (Å²) in [6.45, 7) is 4.06. The smallest absolute Gasteiger partial charge is 0.0951 e. The van der Waals surface area contributed by atoms with Crippen molar-refractivity contribution in [2.24, 2.45) is 5.73 Å². The molecule has 4 nitrogen and oxygen atoms in total. The van der Waals surface area contributed by atoms with E-state index in [1.807, 2.05) is 23.9 Å². The summed E-state index contributed by atoms with van der Waals surface area (Å²) in [7, 11) is 0. The van der Waals surface area contributed by atoms with Crippen LogP contribution in [-0.4, -0.2) is 27.5 Å². The second kappa shape index (κ2) is 5.23. The number of rotatable bonds is 4. The van der Waals surface area contributed by atoms with Gasteiger partial charge in [-0.05, 0) is 43.2 Å². The molecular weight excluding hydrogens is 280 g/mol. The molecule has 1 saturated carbocycles. The van der Waals surface area contributed by atoms with Crippen LogP contribution in [0.5, 0.6) is 0 Å². The second-order valence-electron chi connectivity index (χ2n) is 6.17. The Hall–Kier alpha value is -1.17. The van der Waals surface area contributed by atoms with Gasteiger partial charge in [0.05, 0.1) is 18.1 Å². The first-order chi connectivity index (χ1) is 10.3. The third kappa shape index (κ3) is 2.24. The number of hydrogen-bond acceptors (Lipinski definition) is 4. The molecule has 0 bridgehead atoms. The highest BCUT2D eigenvalue weighted by Crippen LogP contribution is 2.41. The lowest BCUT2D eigenvalue weighted by Crippen LogP contribution is -2.40. The maximum absolute atomic E-state index is 6.16. The molecule has 2 aromatic heterocycles. The Labute approximate surface area is 129 Å². The van der Waals surface area contributed by atoms with E-state index in [0.717, 1.165) is 13.0 Å². The molecule has 5 heteroatoms. The molecule has 21 heavy (non-hydrogen) atoms. The van der Waals surface area contributed by atoms with E-state index in [9.17, 15) is 0 Å². The molecule has 2 aliphatic rings. The van der Waals surface area contributed by atoms with E-state index < -0.39 is 0 Å². The minimum absolute atomic E-state index is 0.274. The lowest BCUT2D eigenvalue weighted by atomic mass is 9.98. The molecular formula is C16H22N4S. The summed E-state index contributed by atoms with van der Waals surface area (Å²) >= 11 is 1.89. The second-order valence-corrected chi connectivity index (χ2v) is 7.17. The van der Waals surface area contributed by atoms with E-state index >= 15 is 0 Å². The molecule has 0 radical (unpaired) electrons. The average molecular weight is 302 g/mol. The highest BCUT2D eigenvalue weighted by atomic mass is 32.1. The third-order valence-electron chi connectivity index (χ3n) is 4.93. The van der Waals surface area contributed by atoms with Crippen molar-refractivity contribution < 1.29 is 0 Å². The van der Waals surface area contributed by atoms with Gasteiger partial charge >= 0.3 is 0 Å². The van der Waals surface area contributed by atoms with Crippen molar-refractivity contribution in [3.8, 4) is 0 Å². The zero-order valence-electron chi connectivity index (χ0n) is 12.4. The summed E-state index contributed by atoms with van der Waals surface area (Å²) < 4.78 is 2.35. The standard InChI is InChI=1S/C16H22N4S/c1-11-13-5-7-21-16(13)4-6-19(11)14(8-17)15-9-18-10-20(15)12-2-3-12/h5,7,9-12,14H,2-4,6,8,17H2,1H3. The van der Waals surface area contributed by atoms with Gasteiger partial charge in [-0.1, -0.05) is 0 Å². The van der Waals surface area contributed by atoms with E-state index in [4.69, 9.17) is 5.73 Å². The molecule has 112 valence electrons. The molecule has 1 aliphatic heterocycles. The van der Waals surface area contributed by atoms with Gasteiger partial charge in [-0.15, -0.1) is 11.3 Å². The van der Waals surface area contributed by atoms with Crippen molar-refractivity contribution in [2.75, 3.05) is 13.1 Å². The molecule has 0 aromatic carbocycles. The van der Waals surface area contributed by atoms with Crippen LogP contribution in [0.2, 0.25) is 0 Å². The fraction of sp³-hybridized carbons (Fsp3) is 0.562. The summed E-state index contributed by atoms with van der Waals surface area (Å²) in [6, 6.07) is 3.66. The molecule has 4 rings (SSSR count). The van der Waals surface area contributed by atoms with Crippen molar-refractivity contribution in [1.82, 2.24) is 14.5 Å². The predicted octanol–water partition coefficient (Wildman–Crippen LogP) is 2.90. The van der Waals surface area contributed by atoms with Gasteiger partial charge in [0.15, 0.2) is 0 Å². The van der Waals surface area contributed by atoms with Crippen LogP contribution >= 0.6 is 11.3 Å². The van der Waals surface area contributed by atoms with Crippen molar-refractivity contribution in [1.29, 1.82) is 0 Å². The van der Waals surface area contributed by atoms with Crippen LogP contribution in [0.25, 0.3) is 0 Å². The van der Waals surface area contributed by atoms with Gasteiger partial charge in [-0.3, -0.25) is 4.90 Å². The minimum Gasteiger partial charge on any atom is -0.330 e. The quantitative estimate of drug-likeness (QED) is 0.944. The summed E-state index contributed by atoms with van der Waals surface area (Å²) in [5.41, 5.74) is 8.95. The Bertz CT molecular complexity index is 628. The Morgan fingerprint density at radius 3 is 3.10 bits per heavy atom. The van der Waals surface area contributed by atoms with E-state index in [1.54, 1.807) is 4.88 Å². The van der Waals surface area contributed by atoms with Crippen LogP contribution in [0.1, 0.15) is 54.0 Å². The summed E-state index contributed by atoms with van der Waals surface area (Å²) in [4.78, 5) is 8.50. The van der Waals surface area contributed by atoms with E-state index in [-0.39, 0.29) is 6.04 Å². The Kier molecular flexibility index (Phi) is 3.36. The lowest BCUT2D eigenvalue weighted by molar-refractivity contribution is 0.133. The van der Waals surface area contributed by atoms with Gasteiger partial charge in [0, 0.05) is 36.2 Å². The highest BCUT2D eigenvalue weighted by Gasteiger charge is 2.34. The van der Waals surface area contributed by atoms with Crippen LogP contribution < -0.4 is 5.73 Å². The first kappa shape index (κ1) is 13.5. The molecule has 2 atom stereocenters.